The molecule has 16 nitrogen and oxygen atoms in total. The SMILES string of the molecule is Cn1c(=O)n([C@@H]2CCC(=O)NC2=O)c2ccc(CCCN3CCOC4(C3)CN(c3ccc5cn(C6CCC(CNC(=O)c7cc(F)c(O)c(F)c7F)CC6)nc5c3)C4)cc21.O=C(O)C(F)(F)F. The maximum atomic E-state index is 14.2. The highest BCUT2D eigenvalue weighted by atomic mass is 19.4. The van der Waals surface area contributed by atoms with Gasteiger partial charge >= 0.3 is 17.8 Å². The molecule has 22 heteroatoms. The number of imide groups is 1. The van der Waals surface area contributed by atoms with Gasteiger partial charge < -0.3 is 25.2 Å². The summed E-state index contributed by atoms with van der Waals surface area (Å²) >= 11 is 0. The second-order valence-electron chi connectivity index (χ2n) is 17.7. The zero-order valence-electron chi connectivity index (χ0n) is 36.3. The number of halogens is 6. The zero-order chi connectivity index (χ0) is 47.9. The number of morpholine rings is 1. The van der Waals surface area contributed by atoms with E-state index in [1.165, 1.54) is 4.57 Å². The molecule has 1 atom stereocenters. The first-order valence-corrected chi connectivity index (χ1v) is 21.9. The summed E-state index contributed by atoms with van der Waals surface area (Å²) < 4.78 is 84.8. The summed E-state index contributed by atoms with van der Waals surface area (Å²) in [6.07, 6.45) is 2.52. The lowest BCUT2D eigenvalue weighted by Gasteiger charge is -2.54. The van der Waals surface area contributed by atoms with Gasteiger partial charge in [0.2, 0.25) is 17.6 Å². The van der Waals surface area contributed by atoms with Gasteiger partial charge in [0, 0.05) is 50.4 Å². The third-order valence-corrected chi connectivity index (χ3v) is 13.1. The Hall–Kier alpha value is -6.42. The third-order valence-electron chi connectivity index (χ3n) is 13.1. The molecule has 0 unspecified atom stereocenters. The van der Waals surface area contributed by atoms with Crippen LogP contribution in [0.2, 0.25) is 0 Å². The quantitative estimate of drug-likeness (QED) is 0.0827. The number of aromatic hydroxyl groups is 1. The van der Waals surface area contributed by atoms with E-state index in [4.69, 9.17) is 19.7 Å². The molecule has 67 heavy (non-hydrogen) atoms. The van der Waals surface area contributed by atoms with Crippen LogP contribution >= 0.6 is 0 Å². The molecular weight excluding hydrogens is 895 g/mol. The fourth-order valence-electron chi connectivity index (χ4n) is 9.54. The number of benzene rings is 3. The van der Waals surface area contributed by atoms with Crippen LogP contribution in [-0.2, 0) is 32.6 Å². The number of piperidine rings is 1. The number of imidazole rings is 1. The molecule has 1 aliphatic carbocycles. The fraction of sp³-hybridized carbons (Fsp3) is 0.467. The number of aliphatic carboxylic acids is 1. The maximum absolute atomic E-state index is 14.2. The molecule has 4 aliphatic rings. The predicted octanol–water partition coefficient (Wildman–Crippen LogP) is 5.11. The van der Waals surface area contributed by atoms with Gasteiger partial charge in [0.15, 0.2) is 17.4 Å². The monoisotopic (exact) mass is 942 g/mol. The van der Waals surface area contributed by atoms with Gasteiger partial charge in [-0.3, -0.25) is 38.4 Å². The Bertz CT molecular complexity index is 2790. The van der Waals surface area contributed by atoms with Crippen molar-refractivity contribution < 1.29 is 60.5 Å². The van der Waals surface area contributed by atoms with Crippen LogP contribution in [0.25, 0.3) is 21.9 Å². The van der Waals surface area contributed by atoms with Crippen molar-refractivity contribution in [2.45, 2.75) is 75.2 Å². The van der Waals surface area contributed by atoms with Crippen LogP contribution in [0.5, 0.6) is 5.75 Å². The predicted molar refractivity (Wildman–Crippen MR) is 229 cm³/mol. The number of nitrogens with zero attached hydrogens (tertiary/aromatic N) is 6. The number of phenolic OH excluding ortho intramolecular Hbond substituents is 1. The molecule has 9 rings (SSSR count). The molecule has 2 aromatic heterocycles. The highest BCUT2D eigenvalue weighted by Crippen LogP contribution is 2.37. The molecule has 4 N–H and O–H groups in total. The Morgan fingerprint density at radius 1 is 0.955 bits per heavy atom. The highest BCUT2D eigenvalue weighted by molar-refractivity contribution is 6.00. The van der Waals surface area contributed by atoms with E-state index in [1.54, 1.807) is 11.6 Å². The van der Waals surface area contributed by atoms with E-state index in [2.05, 4.69) is 44.8 Å². The summed E-state index contributed by atoms with van der Waals surface area (Å²) in [6.45, 7) is 5.12. The fourth-order valence-corrected chi connectivity index (χ4v) is 9.54. The first kappa shape index (κ1) is 47.1. The zero-order valence-corrected chi connectivity index (χ0v) is 36.3. The van der Waals surface area contributed by atoms with Crippen LogP contribution in [0, 0.1) is 23.4 Å². The molecule has 5 heterocycles. The van der Waals surface area contributed by atoms with E-state index < -0.39 is 58.8 Å². The van der Waals surface area contributed by atoms with Crippen molar-refractivity contribution in [3.8, 4) is 5.75 Å². The van der Waals surface area contributed by atoms with Gasteiger partial charge in [0.05, 0.1) is 47.9 Å². The molecule has 1 spiro atoms. The van der Waals surface area contributed by atoms with Crippen LogP contribution in [-0.4, -0.2) is 115 Å². The van der Waals surface area contributed by atoms with Crippen molar-refractivity contribution >= 4 is 51.3 Å². The standard InChI is InChI=1S/C43H47F3N8O6.C2HF3O2/c1-50-35-17-25(6-11-33(35)54(42(50)59)34-12-13-36(55)48-41(34)58)3-2-14-51-15-16-60-43(22-51)23-52(24-43)29-10-7-27-21-53(49-32(27)18-29)28-8-4-26(5-9-28)20-47-40(57)30-19-31(44)39(56)38(46)37(30)45;3-2(4,5)1(6)7/h6-7,10-11,17-19,21,26,28,34,56H,2-5,8-9,12-16,20,22-24H2,1H3,(H,47,57)(H,48,55,58);(H,6,7)/t26?,28?,34-;/m1./s1. The Balaban J connectivity index is 0.000000807. The summed E-state index contributed by atoms with van der Waals surface area (Å²) in [5.41, 5.74) is 3.31. The first-order chi connectivity index (χ1) is 31.8. The summed E-state index contributed by atoms with van der Waals surface area (Å²) in [6, 6.07) is 12.3. The number of amides is 3. The van der Waals surface area contributed by atoms with Gasteiger partial charge in [-0.25, -0.2) is 18.4 Å². The molecule has 4 fully saturated rings. The van der Waals surface area contributed by atoms with Gasteiger partial charge in [-0.15, -0.1) is 0 Å². The topological polar surface area (TPSA) is 193 Å². The van der Waals surface area contributed by atoms with E-state index in [-0.39, 0.29) is 42.1 Å². The number of nitrogens with one attached hydrogen (secondary N) is 2. The molecule has 358 valence electrons. The van der Waals surface area contributed by atoms with Crippen molar-refractivity contribution in [2.24, 2.45) is 13.0 Å². The van der Waals surface area contributed by atoms with Gasteiger partial charge in [0.1, 0.15) is 11.6 Å². The number of phenols is 1. The van der Waals surface area contributed by atoms with Crippen molar-refractivity contribution in [2.75, 3.05) is 50.8 Å². The molecule has 3 saturated heterocycles. The van der Waals surface area contributed by atoms with Crippen LogP contribution in [0.1, 0.15) is 73.0 Å². The van der Waals surface area contributed by atoms with Gasteiger partial charge in [0.25, 0.3) is 5.91 Å². The Kier molecular flexibility index (Phi) is 13.1. The van der Waals surface area contributed by atoms with Crippen molar-refractivity contribution in [3.05, 3.63) is 87.7 Å². The van der Waals surface area contributed by atoms with Crippen LogP contribution < -0.4 is 21.2 Å². The molecule has 0 radical (unpaired) electrons. The Morgan fingerprint density at radius 3 is 2.39 bits per heavy atom. The van der Waals surface area contributed by atoms with Crippen molar-refractivity contribution in [1.82, 2.24) is 34.4 Å². The second kappa shape index (κ2) is 18.7. The number of alkyl halides is 3. The van der Waals surface area contributed by atoms with Crippen molar-refractivity contribution in [1.29, 1.82) is 0 Å². The normalized spacial score (nSPS) is 20.9. The van der Waals surface area contributed by atoms with Gasteiger partial charge in [-0.05, 0) is 99.4 Å². The second-order valence-corrected chi connectivity index (χ2v) is 17.7. The number of hydrogen-bond donors (Lipinski definition) is 4. The number of anilines is 1. The number of aryl methyl sites for hydroxylation is 2. The molecule has 3 aliphatic heterocycles. The van der Waals surface area contributed by atoms with E-state index in [0.717, 1.165) is 98.9 Å². The smallest absolute Gasteiger partial charge is 0.490 e. The average Bonchev–Trinajstić information content (AvgIpc) is 3.82. The number of carboxylic acid groups (broad SMARTS) is 1. The molecular formula is C45H48F6N8O8. The summed E-state index contributed by atoms with van der Waals surface area (Å²) in [5, 5.41) is 27.3. The highest BCUT2D eigenvalue weighted by Gasteiger charge is 2.47. The number of ether oxygens (including phenoxy) is 1. The Labute approximate surface area is 378 Å². The number of carbonyl (C=O) groups is 4. The maximum Gasteiger partial charge on any atom is 0.490 e. The molecule has 1 saturated carbocycles. The van der Waals surface area contributed by atoms with Crippen LogP contribution in [0.15, 0.2) is 53.5 Å². The number of aromatic nitrogens is 4. The average molecular weight is 943 g/mol. The van der Waals surface area contributed by atoms with E-state index in [0.29, 0.717) is 24.6 Å². The minimum atomic E-state index is -5.08. The number of carbonyl (C=O) groups excluding carboxylic acids is 3. The summed E-state index contributed by atoms with van der Waals surface area (Å²) in [5.74, 6) is -10.5. The summed E-state index contributed by atoms with van der Waals surface area (Å²) in [4.78, 5) is 63.6. The van der Waals surface area contributed by atoms with Gasteiger partial charge in [-0.1, -0.05) is 6.07 Å². The third kappa shape index (κ3) is 9.85. The lowest BCUT2D eigenvalue weighted by Crippen LogP contribution is -2.70. The molecule has 5 aromatic rings. The molecule has 3 aromatic carbocycles. The van der Waals surface area contributed by atoms with E-state index in [9.17, 15) is 50.6 Å². The lowest BCUT2D eigenvalue weighted by atomic mass is 9.86. The Morgan fingerprint density at radius 2 is 1.69 bits per heavy atom. The largest absolute Gasteiger partial charge is 0.503 e. The molecule has 0 bridgehead atoms. The minimum absolute atomic E-state index is 0.120. The van der Waals surface area contributed by atoms with Crippen LogP contribution in [0.3, 0.4) is 0 Å². The van der Waals surface area contributed by atoms with E-state index >= 15 is 0 Å². The first-order valence-electron chi connectivity index (χ1n) is 21.9. The summed E-state index contributed by atoms with van der Waals surface area (Å²) in [7, 11) is 1.71. The number of hydrogen-bond acceptors (Lipinski definition) is 10. The molecule has 3 amide bonds. The minimum Gasteiger partial charge on any atom is -0.503 e. The number of rotatable bonds is 10. The van der Waals surface area contributed by atoms with E-state index in [1.807, 2.05) is 22.9 Å². The van der Waals surface area contributed by atoms with Crippen LogP contribution in [0.4, 0.5) is 32.0 Å². The number of fused-ring (bicyclic) bond motifs is 2. The van der Waals surface area contributed by atoms with Gasteiger partial charge in [-0.2, -0.15) is 22.7 Å². The number of carboxylic acids is 1. The van der Waals surface area contributed by atoms with Crippen molar-refractivity contribution in [3.63, 3.8) is 0 Å². The lowest BCUT2D eigenvalue weighted by molar-refractivity contribution is -0.192.